The molecule has 1 heterocycles. The van der Waals surface area contributed by atoms with Gasteiger partial charge >= 0.3 is 0 Å². The van der Waals surface area contributed by atoms with Crippen LogP contribution in [0.3, 0.4) is 0 Å². The minimum atomic E-state index is 0.217. The van der Waals surface area contributed by atoms with Crippen molar-refractivity contribution in [3.8, 4) is 0 Å². The number of hydrogen-bond acceptors (Lipinski definition) is 2. The SMILES string of the molecule is C[C@@H]1CN(C2CCC2)CCN1C(=O)[C@H]1C[C@@H]1c1ccc(Br)cc1. The predicted octanol–water partition coefficient (Wildman–Crippen LogP) is 3.64. The van der Waals surface area contributed by atoms with E-state index in [9.17, 15) is 4.79 Å². The minimum absolute atomic E-state index is 0.217. The molecule has 0 bridgehead atoms. The molecule has 3 atom stereocenters. The van der Waals surface area contributed by atoms with Crippen LogP contribution in [0.1, 0.15) is 44.1 Å². The topological polar surface area (TPSA) is 23.6 Å². The molecule has 0 aromatic heterocycles. The molecular formula is C19H25BrN2O. The monoisotopic (exact) mass is 376 g/mol. The van der Waals surface area contributed by atoms with Crippen molar-refractivity contribution in [1.29, 1.82) is 0 Å². The molecule has 1 aliphatic heterocycles. The average Bonchev–Trinajstić information content (AvgIpc) is 3.26. The van der Waals surface area contributed by atoms with Crippen molar-refractivity contribution in [2.24, 2.45) is 5.92 Å². The van der Waals surface area contributed by atoms with Gasteiger partial charge < -0.3 is 4.90 Å². The van der Waals surface area contributed by atoms with Gasteiger partial charge in [-0.1, -0.05) is 34.5 Å². The summed E-state index contributed by atoms with van der Waals surface area (Å²) in [5.41, 5.74) is 1.31. The molecule has 0 N–H and O–H groups in total. The van der Waals surface area contributed by atoms with E-state index in [0.29, 0.717) is 17.9 Å². The van der Waals surface area contributed by atoms with E-state index in [1.165, 1.54) is 24.8 Å². The molecule has 124 valence electrons. The number of piperazine rings is 1. The summed E-state index contributed by atoms with van der Waals surface area (Å²) in [6.45, 7) is 5.27. The first kappa shape index (κ1) is 15.6. The lowest BCUT2D eigenvalue weighted by molar-refractivity contribution is -0.138. The summed E-state index contributed by atoms with van der Waals surface area (Å²) in [7, 11) is 0. The quantitative estimate of drug-likeness (QED) is 0.803. The Morgan fingerprint density at radius 2 is 1.91 bits per heavy atom. The molecule has 23 heavy (non-hydrogen) atoms. The molecule has 1 aromatic rings. The molecule has 0 spiro atoms. The fourth-order valence-electron chi connectivity index (χ4n) is 4.16. The van der Waals surface area contributed by atoms with Gasteiger partial charge in [-0.05, 0) is 49.8 Å². The Bertz CT molecular complexity index is 584. The van der Waals surface area contributed by atoms with Gasteiger partial charge in [0.1, 0.15) is 0 Å². The summed E-state index contributed by atoms with van der Waals surface area (Å²) >= 11 is 3.48. The smallest absolute Gasteiger partial charge is 0.226 e. The fraction of sp³-hybridized carbons (Fsp3) is 0.632. The Labute approximate surface area is 147 Å². The summed E-state index contributed by atoms with van der Waals surface area (Å²) in [4.78, 5) is 17.6. The maximum Gasteiger partial charge on any atom is 0.226 e. The predicted molar refractivity (Wildman–Crippen MR) is 95.4 cm³/mol. The molecule has 3 fully saturated rings. The lowest BCUT2D eigenvalue weighted by Crippen LogP contribution is -2.58. The van der Waals surface area contributed by atoms with Crippen LogP contribution < -0.4 is 0 Å². The van der Waals surface area contributed by atoms with Gasteiger partial charge in [0, 0.05) is 42.1 Å². The van der Waals surface area contributed by atoms with Crippen LogP contribution in [0.2, 0.25) is 0 Å². The third kappa shape index (κ3) is 3.08. The van der Waals surface area contributed by atoms with Crippen LogP contribution in [0.25, 0.3) is 0 Å². The van der Waals surface area contributed by atoms with E-state index < -0.39 is 0 Å². The summed E-state index contributed by atoms with van der Waals surface area (Å²) in [5, 5.41) is 0. The van der Waals surface area contributed by atoms with Crippen molar-refractivity contribution in [3.63, 3.8) is 0 Å². The highest BCUT2D eigenvalue weighted by molar-refractivity contribution is 9.10. The van der Waals surface area contributed by atoms with Crippen LogP contribution in [0.4, 0.5) is 0 Å². The zero-order valence-electron chi connectivity index (χ0n) is 13.7. The molecule has 1 amide bonds. The van der Waals surface area contributed by atoms with Crippen LogP contribution in [0, 0.1) is 5.92 Å². The van der Waals surface area contributed by atoms with Crippen LogP contribution in [-0.4, -0.2) is 47.4 Å². The highest BCUT2D eigenvalue weighted by atomic mass is 79.9. The van der Waals surface area contributed by atoms with Gasteiger partial charge in [0.05, 0.1) is 0 Å². The van der Waals surface area contributed by atoms with Crippen molar-refractivity contribution in [3.05, 3.63) is 34.3 Å². The van der Waals surface area contributed by atoms with Gasteiger partial charge in [-0.2, -0.15) is 0 Å². The van der Waals surface area contributed by atoms with E-state index in [1.54, 1.807) is 0 Å². The number of hydrogen-bond donors (Lipinski definition) is 0. The second kappa shape index (κ2) is 6.21. The maximum absolute atomic E-state index is 12.9. The summed E-state index contributed by atoms with van der Waals surface area (Å²) in [5.74, 6) is 1.04. The number of nitrogens with zero attached hydrogens (tertiary/aromatic N) is 2. The molecule has 1 saturated heterocycles. The number of amides is 1. The minimum Gasteiger partial charge on any atom is -0.337 e. The van der Waals surface area contributed by atoms with Gasteiger partial charge in [0.2, 0.25) is 5.91 Å². The van der Waals surface area contributed by atoms with E-state index >= 15 is 0 Å². The van der Waals surface area contributed by atoms with E-state index in [-0.39, 0.29) is 5.92 Å². The molecule has 4 rings (SSSR count). The van der Waals surface area contributed by atoms with E-state index in [0.717, 1.165) is 36.6 Å². The summed E-state index contributed by atoms with van der Waals surface area (Å²) in [6.07, 6.45) is 5.12. The number of halogens is 1. The molecule has 0 unspecified atom stereocenters. The van der Waals surface area contributed by atoms with Crippen LogP contribution >= 0.6 is 15.9 Å². The Kier molecular flexibility index (Phi) is 4.22. The normalized spacial score (nSPS) is 31.7. The average molecular weight is 377 g/mol. The Balaban J connectivity index is 1.35. The third-order valence-electron chi connectivity index (χ3n) is 5.94. The van der Waals surface area contributed by atoms with Crippen LogP contribution in [0.5, 0.6) is 0 Å². The van der Waals surface area contributed by atoms with Crippen LogP contribution in [-0.2, 0) is 4.79 Å². The second-order valence-electron chi connectivity index (χ2n) is 7.46. The van der Waals surface area contributed by atoms with Gasteiger partial charge in [0.25, 0.3) is 0 Å². The van der Waals surface area contributed by atoms with Gasteiger partial charge in [0.15, 0.2) is 0 Å². The van der Waals surface area contributed by atoms with E-state index in [4.69, 9.17) is 0 Å². The Hall–Kier alpha value is -0.870. The van der Waals surface area contributed by atoms with Gasteiger partial charge in [-0.3, -0.25) is 9.69 Å². The number of rotatable bonds is 3. The maximum atomic E-state index is 12.9. The second-order valence-corrected chi connectivity index (χ2v) is 8.38. The first-order valence-electron chi connectivity index (χ1n) is 8.93. The van der Waals surface area contributed by atoms with Gasteiger partial charge in [-0.25, -0.2) is 0 Å². The number of benzene rings is 1. The first-order valence-corrected chi connectivity index (χ1v) is 9.73. The lowest BCUT2D eigenvalue weighted by Gasteiger charge is -2.46. The number of carbonyl (C=O) groups excluding carboxylic acids is 1. The van der Waals surface area contributed by atoms with Crippen molar-refractivity contribution in [1.82, 2.24) is 9.80 Å². The molecule has 2 saturated carbocycles. The largest absolute Gasteiger partial charge is 0.337 e. The number of carbonyl (C=O) groups is 1. The molecule has 2 aliphatic carbocycles. The zero-order valence-corrected chi connectivity index (χ0v) is 15.3. The molecule has 3 nitrogen and oxygen atoms in total. The van der Waals surface area contributed by atoms with Gasteiger partial charge in [-0.15, -0.1) is 0 Å². The van der Waals surface area contributed by atoms with Crippen LogP contribution in [0.15, 0.2) is 28.7 Å². The Morgan fingerprint density at radius 3 is 2.52 bits per heavy atom. The molecule has 0 radical (unpaired) electrons. The Morgan fingerprint density at radius 1 is 1.17 bits per heavy atom. The fourth-order valence-corrected chi connectivity index (χ4v) is 4.42. The van der Waals surface area contributed by atoms with E-state index in [1.807, 2.05) is 0 Å². The van der Waals surface area contributed by atoms with E-state index in [2.05, 4.69) is 56.9 Å². The molecular weight excluding hydrogens is 352 g/mol. The molecule has 4 heteroatoms. The third-order valence-corrected chi connectivity index (χ3v) is 6.47. The summed E-state index contributed by atoms with van der Waals surface area (Å²) < 4.78 is 1.10. The summed E-state index contributed by atoms with van der Waals surface area (Å²) in [6, 6.07) is 9.62. The molecule has 1 aromatic carbocycles. The standard InChI is InChI=1S/C19H25BrN2O/c1-13-12-21(16-3-2-4-16)9-10-22(13)19(23)18-11-17(18)14-5-7-15(20)8-6-14/h5-8,13,16-18H,2-4,9-12H2,1H3/t13-,17-,18+/m1/s1. The zero-order chi connectivity index (χ0) is 16.0. The lowest BCUT2D eigenvalue weighted by atomic mass is 9.90. The first-order chi connectivity index (χ1) is 11.1. The molecule has 3 aliphatic rings. The highest BCUT2D eigenvalue weighted by Crippen LogP contribution is 2.49. The van der Waals surface area contributed by atoms with Crippen molar-refractivity contribution in [2.45, 2.75) is 50.6 Å². The van der Waals surface area contributed by atoms with Crippen molar-refractivity contribution < 1.29 is 4.79 Å². The van der Waals surface area contributed by atoms with Crippen molar-refractivity contribution >= 4 is 21.8 Å². The van der Waals surface area contributed by atoms with Crippen molar-refractivity contribution in [2.75, 3.05) is 19.6 Å². The highest BCUT2D eigenvalue weighted by Gasteiger charge is 2.47.